The number of aromatic nitrogens is 1. The summed E-state index contributed by atoms with van der Waals surface area (Å²) in [5.74, 6) is 1.93. The minimum atomic E-state index is 0.505. The van der Waals surface area contributed by atoms with Crippen LogP contribution in [-0.4, -0.2) is 23.5 Å². The topological polar surface area (TPSA) is 48.7 Å². The first-order valence-corrected chi connectivity index (χ1v) is 6.28. The molecule has 0 saturated carbocycles. The van der Waals surface area contributed by atoms with E-state index in [-0.39, 0.29) is 0 Å². The third kappa shape index (κ3) is 3.80. The van der Waals surface area contributed by atoms with Crippen LogP contribution in [0.1, 0.15) is 17.7 Å². The van der Waals surface area contributed by atoms with Crippen molar-refractivity contribution in [1.82, 2.24) is 4.98 Å². The maximum atomic E-state index is 8.81. The average Bonchev–Trinajstić information content (AvgIpc) is 2.26. The molecule has 1 N–H and O–H groups in total. The summed E-state index contributed by atoms with van der Waals surface area (Å²) in [4.78, 5) is 4.21. The maximum absolute atomic E-state index is 8.81. The van der Waals surface area contributed by atoms with E-state index in [2.05, 4.69) is 22.6 Å². The Hall–Kier alpha value is -1.21. The third-order valence-electron chi connectivity index (χ3n) is 2.03. The van der Waals surface area contributed by atoms with Gasteiger partial charge in [0.05, 0.1) is 0 Å². The Balaban J connectivity index is 2.52. The van der Waals surface area contributed by atoms with E-state index < -0.39 is 0 Å². The van der Waals surface area contributed by atoms with Crippen LogP contribution >= 0.6 is 11.8 Å². The van der Waals surface area contributed by atoms with Gasteiger partial charge in [0.25, 0.3) is 0 Å². The van der Waals surface area contributed by atoms with Crippen LogP contribution in [0.2, 0.25) is 0 Å². The number of nitrogens with one attached hydrogen (secondary N) is 1. The summed E-state index contributed by atoms with van der Waals surface area (Å²) >= 11 is 1.83. The summed E-state index contributed by atoms with van der Waals surface area (Å²) < 4.78 is 0. The molecule has 0 aliphatic rings. The summed E-state index contributed by atoms with van der Waals surface area (Å²) in [5, 5.41) is 12.0. The van der Waals surface area contributed by atoms with E-state index in [1.807, 2.05) is 30.8 Å². The molecule has 0 aromatic carbocycles. The first-order valence-electron chi connectivity index (χ1n) is 4.88. The summed E-state index contributed by atoms with van der Waals surface area (Å²) in [6, 6.07) is 5.91. The van der Waals surface area contributed by atoms with Crippen molar-refractivity contribution in [2.24, 2.45) is 0 Å². The standard InChI is InChI=1S/C11H15N3S/c1-9-4-5-11(14-10(9)8-12)13-6-3-7-15-2/h4-5H,3,6-7H2,1-2H3,(H,13,14). The van der Waals surface area contributed by atoms with Crippen LogP contribution in [0.3, 0.4) is 0 Å². The van der Waals surface area contributed by atoms with E-state index in [1.165, 1.54) is 0 Å². The van der Waals surface area contributed by atoms with E-state index in [9.17, 15) is 0 Å². The number of anilines is 1. The minimum Gasteiger partial charge on any atom is -0.370 e. The minimum absolute atomic E-state index is 0.505. The Kier molecular flexibility index (Phi) is 4.99. The highest BCUT2D eigenvalue weighted by Gasteiger charge is 2.00. The molecule has 0 atom stereocenters. The van der Waals surface area contributed by atoms with Gasteiger partial charge in [0.1, 0.15) is 17.6 Å². The molecule has 0 aliphatic carbocycles. The number of rotatable bonds is 5. The van der Waals surface area contributed by atoms with Crippen molar-refractivity contribution >= 4 is 17.6 Å². The van der Waals surface area contributed by atoms with Gasteiger partial charge < -0.3 is 5.32 Å². The van der Waals surface area contributed by atoms with Crippen LogP contribution in [0.4, 0.5) is 5.82 Å². The summed E-state index contributed by atoms with van der Waals surface area (Å²) in [7, 11) is 0. The van der Waals surface area contributed by atoms with Gasteiger partial charge in [-0.2, -0.15) is 17.0 Å². The highest BCUT2D eigenvalue weighted by Crippen LogP contribution is 2.09. The second-order valence-electron chi connectivity index (χ2n) is 3.25. The third-order valence-corrected chi connectivity index (χ3v) is 2.73. The van der Waals surface area contributed by atoms with Gasteiger partial charge in [-0.05, 0) is 37.0 Å². The van der Waals surface area contributed by atoms with Gasteiger partial charge >= 0.3 is 0 Å². The number of thioether (sulfide) groups is 1. The molecule has 3 nitrogen and oxygen atoms in total. The molecule has 0 aliphatic heterocycles. The second kappa shape index (κ2) is 6.31. The van der Waals surface area contributed by atoms with Gasteiger partial charge in [-0.15, -0.1) is 0 Å². The highest BCUT2D eigenvalue weighted by atomic mass is 32.2. The molecule has 0 bridgehead atoms. The lowest BCUT2D eigenvalue weighted by atomic mass is 10.2. The van der Waals surface area contributed by atoms with Crippen molar-refractivity contribution in [3.8, 4) is 6.07 Å². The fourth-order valence-electron chi connectivity index (χ4n) is 1.17. The SMILES string of the molecule is CSCCCNc1ccc(C)c(C#N)n1. The molecule has 0 spiro atoms. The van der Waals surface area contributed by atoms with Gasteiger partial charge in [-0.25, -0.2) is 4.98 Å². The Morgan fingerprint density at radius 1 is 1.53 bits per heavy atom. The predicted octanol–water partition coefficient (Wildman–Crippen LogP) is 2.43. The van der Waals surface area contributed by atoms with Crippen LogP contribution in [0, 0.1) is 18.3 Å². The Bertz CT molecular complexity index is 357. The van der Waals surface area contributed by atoms with Crippen molar-refractivity contribution in [2.75, 3.05) is 23.9 Å². The summed E-state index contributed by atoms with van der Waals surface area (Å²) in [6.07, 6.45) is 3.20. The highest BCUT2D eigenvalue weighted by molar-refractivity contribution is 7.98. The van der Waals surface area contributed by atoms with E-state index in [4.69, 9.17) is 5.26 Å². The Morgan fingerprint density at radius 3 is 3.00 bits per heavy atom. The molecule has 0 radical (unpaired) electrons. The van der Waals surface area contributed by atoms with Crippen LogP contribution in [0.5, 0.6) is 0 Å². The van der Waals surface area contributed by atoms with Crippen molar-refractivity contribution in [3.63, 3.8) is 0 Å². The van der Waals surface area contributed by atoms with E-state index in [0.717, 1.165) is 30.1 Å². The van der Waals surface area contributed by atoms with Gasteiger partial charge in [0, 0.05) is 6.54 Å². The zero-order valence-corrected chi connectivity index (χ0v) is 9.90. The zero-order chi connectivity index (χ0) is 11.1. The first kappa shape index (κ1) is 11.9. The van der Waals surface area contributed by atoms with Crippen molar-refractivity contribution in [1.29, 1.82) is 5.26 Å². The number of nitriles is 1. The maximum Gasteiger partial charge on any atom is 0.145 e. The average molecular weight is 221 g/mol. The number of hydrogen-bond acceptors (Lipinski definition) is 4. The fourth-order valence-corrected chi connectivity index (χ4v) is 1.61. The Labute approximate surface area is 94.9 Å². The van der Waals surface area contributed by atoms with Gasteiger partial charge in [0.15, 0.2) is 0 Å². The smallest absolute Gasteiger partial charge is 0.145 e. The lowest BCUT2D eigenvalue weighted by molar-refractivity contribution is 0.979. The second-order valence-corrected chi connectivity index (χ2v) is 4.23. The lowest BCUT2D eigenvalue weighted by Gasteiger charge is -2.05. The molecule has 0 saturated heterocycles. The molecule has 80 valence electrons. The van der Waals surface area contributed by atoms with Crippen LogP contribution in [-0.2, 0) is 0 Å². The van der Waals surface area contributed by atoms with Gasteiger partial charge in [0.2, 0.25) is 0 Å². The quantitative estimate of drug-likeness (QED) is 0.776. The number of hydrogen-bond donors (Lipinski definition) is 1. The molecule has 0 fully saturated rings. The molecule has 1 aromatic heterocycles. The van der Waals surface area contributed by atoms with Gasteiger partial charge in [-0.1, -0.05) is 6.07 Å². The molecule has 4 heteroatoms. The monoisotopic (exact) mass is 221 g/mol. The van der Waals surface area contributed by atoms with E-state index in [1.54, 1.807) is 0 Å². The van der Waals surface area contributed by atoms with Crippen LogP contribution < -0.4 is 5.32 Å². The van der Waals surface area contributed by atoms with Crippen LogP contribution in [0.15, 0.2) is 12.1 Å². The number of aryl methyl sites for hydroxylation is 1. The molecule has 1 rings (SSSR count). The molecule has 0 amide bonds. The summed E-state index contributed by atoms with van der Waals surface area (Å²) in [5.41, 5.74) is 1.43. The van der Waals surface area contributed by atoms with Crippen molar-refractivity contribution in [3.05, 3.63) is 23.4 Å². The molecular formula is C11H15N3S. The number of nitrogens with zero attached hydrogens (tertiary/aromatic N) is 2. The molecule has 15 heavy (non-hydrogen) atoms. The van der Waals surface area contributed by atoms with E-state index in [0.29, 0.717) is 5.69 Å². The fraction of sp³-hybridized carbons (Fsp3) is 0.455. The van der Waals surface area contributed by atoms with E-state index >= 15 is 0 Å². The Morgan fingerprint density at radius 2 is 2.33 bits per heavy atom. The van der Waals surface area contributed by atoms with Crippen molar-refractivity contribution in [2.45, 2.75) is 13.3 Å². The molecule has 1 aromatic rings. The molecular weight excluding hydrogens is 206 g/mol. The summed E-state index contributed by atoms with van der Waals surface area (Å²) in [6.45, 7) is 2.80. The van der Waals surface area contributed by atoms with Gasteiger partial charge in [-0.3, -0.25) is 0 Å². The number of pyridine rings is 1. The normalized spacial score (nSPS) is 9.67. The molecule has 1 heterocycles. The van der Waals surface area contributed by atoms with Crippen LogP contribution in [0.25, 0.3) is 0 Å². The van der Waals surface area contributed by atoms with Crippen molar-refractivity contribution < 1.29 is 0 Å². The predicted molar refractivity (Wildman–Crippen MR) is 65.2 cm³/mol. The largest absolute Gasteiger partial charge is 0.370 e. The molecule has 0 unspecified atom stereocenters. The lowest BCUT2D eigenvalue weighted by Crippen LogP contribution is -2.05. The zero-order valence-electron chi connectivity index (χ0n) is 9.08. The first-order chi connectivity index (χ1) is 7.27.